The van der Waals surface area contributed by atoms with Gasteiger partial charge in [0.25, 0.3) is 5.91 Å². The quantitative estimate of drug-likeness (QED) is 0.452. The summed E-state index contributed by atoms with van der Waals surface area (Å²) in [5.74, 6) is 1.07. The number of rotatable bonds is 7. The Kier molecular flexibility index (Phi) is 7.54. The van der Waals surface area contributed by atoms with Crippen LogP contribution in [0.25, 0.3) is 0 Å². The number of carbonyl (C=O) groups excluding carboxylic acids is 2. The number of carbonyl (C=O) groups is 2. The van der Waals surface area contributed by atoms with Gasteiger partial charge >= 0.3 is 0 Å². The van der Waals surface area contributed by atoms with Gasteiger partial charge in [0.15, 0.2) is 17.6 Å². The largest absolute Gasteiger partial charge is 0.482 e. The summed E-state index contributed by atoms with van der Waals surface area (Å²) in [4.78, 5) is 29.2. The van der Waals surface area contributed by atoms with Crippen LogP contribution in [0.15, 0.2) is 47.6 Å². The van der Waals surface area contributed by atoms with E-state index in [1.165, 1.54) is 11.8 Å². The normalized spacial score (nSPS) is 16.2. The summed E-state index contributed by atoms with van der Waals surface area (Å²) < 4.78 is 12.8. The molecule has 194 valence electrons. The molecule has 5 rings (SSSR count). The van der Waals surface area contributed by atoms with Crippen molar-refractivity contribution in [2.24, 2.45) is 7.05 Å². The second-order valence-corrected chi connectivity index (χ2v) is 10.0. The number of hydrogen-bond acceptors (Lipinski definition) is 8. The molecule has 1 N–H and O–H groups in total. The molecule has 0 radical (unpaired) electrons. The van der Waals surface area contributed by atoms with Gasteiger partial charge in [-0.1, -0.05) is 35.5 Å². The highest BCUT2D eigenvalue weighted by Crippen LogP contribution is 2.37. The molecule has 2 aliphatic rings. The molecule has 0 spiro atoms. The number of fused-ring (bicyclic) bond motifs is 1. The Morgan fingerprint density at radius 3 is 2.73 bits per heavy atom. The molecular formula is C25H27ClN6O4S. The van der Waals surface area contributed by atoms with E-state index < -0.39 is 0 Å². The van der Waals surface area contributed by atoms with Gasteiger partial charge in [0.1, 0.15) is 5.75 Å². The summed E-state index contributed by atoms with van der Waals surface area (Å²) in [5.41, 5.74) is 2.25. The van der Waals surface area contributed by atoms with E-state index in [4.69, 9.17) is 21.1 Å². The summed E-state index contributed by atoms with van der Waals surface area (Å²) in [6, 6.07) is 12.6. The first-order valence-electron chi connectivity index (χ1n) is 11.9. The number of anilines is 3. The zero-order chi connectivity index (χ0) is 25.9. The number of aromatic nitrogens is 3. The summed E-state index contributed by atoms with van der Waals surface area (Å²) in [6.07, 6.45) is 0. The lowest BCUT2D eigenvalue weighted by atomic mass is 10.1. The lowest BCUT2D eigenvalue weighted by Gasteiger charge is -2.33. The van der Waals surface area contributed by atoms with Crippen LogP contribution in [0.4, 0.5) is 17.1 Å². The molecule has 37 heavy (non-hydrogen) atoms. The van der Waals surface area contributed by atoms with Crippen molar-refractivity contribution in [1.82, 2.24) is 14.8 Å². The molecule has 1 saturated heterocycles. The Hall–Kier alpha value is -3.28. The first-order chi connectivity index (χ1) is 17.9. The minimum absolute atomic E-state index is 0.0293. The molecule has 2 amide bonds. The van der Waals surface area contributed by atoms with E-state index in [0.29, 0.717) is 46.3 Å². The molecule has 3 heterocycles. The predicted molar refractivity (Wildman–Crippen MR) is 143 cm³/mol. The SMILES string of the molecule is CC(c1nnc(SCC(=O)Nc2ccc(N3CCOCC3)c(Cl)c2)n1C)N1C(=O)COc2ccccc21. The van der Waals surface area contributed by atoms with Gasteiger partial charge in [0.05, 0.1) is 41.4 Å². The van der Waals surface area contributed by atoms with Crippen molar-refractivity contribution in [2.75, 3.05) is 53.8 Å². The number of nitrogens with one attached hydrogen (secondary N) is 1. The summed E-state index contributed by atoms with van der Waals surface area (Å²) in [5, 5.41) is 12.6. The van der Waals surface area contributed by atoms with E-state index in [9.17, 15) is 9.59 Å². The average molecular weight is 543 g/mol. The van der Waals surface area contributed by atoms with Crippen LogP contribution in [0.5, 0.6) is 5.75 Å². The Balaban J connectivity index is 1.21. The topological polar surface area (TPSA) is 102 Å². The van der Waals surface area contributed by atoms with Crippen LogP contribution in [0.2, 0.25) is 5.02 Å². The van der Waals surface area contributed by atoms with Crippen molar-refractivity contribution in [3.63, 3.8) is 0 Å². The summed E-state index contributed by atoms with van der Waals surface area (Å²) >= 11 is 7.75. The average Bonchev–Trinajstić information content (AvgIpc) is 3.27. The van der Waals surface area contributed by atoms with Crippen molar-refractivity contribution in [1.29, 1.82) is 0 Å². The van der Waals surface area contributed by atoms with Gasteiger partial charge < -0.3 is 24.3 Å². The third-order valence-corrected chi connectivity index (χ3v) is 7.61. The van der Waals surface area contributed by atoms with E-state index in [2.05, 4.69) is 20.4 Å². The fourth-order valence-corrected chi connectivity index (χ4v) is 5.47. The zero-order valence-electron chi connectivity index (χ0n) is 20.5. The van der Waals surface area contributed by atoms with Crippen LogP contribution >= 0.6 is 23.4 Å². The molecule has 3 aromatic rings. The number of hydrogen-bond donors (Lipinski definition) is 1. The molecule has 10 nitrogen and oxygen atoms in total. The summed E-state index contributed by atoms with van der Waals surface area (Å²) in [7, 11) is 1.83. The molecule has 1 unspecified atom stereocenters. The standard InChI is InChI=1S/C25H27ClN6O4S/c1-16(32-20-5-3-4-6-21(20)36-14-23(32)34)24-28-29-25(30(24)2)37-15-22(33)27-17-7-8-19(18(26)13-17)31-9-11-35-12-10-31/h3-8,13,16H,9-12,14-15H2,1-2H3,(H,27,33). The number of amides is 2. The molecule has 12 heteroatoms. The number of para-hydroxylation sites is 2. The Labute approximate surface area is 223 Å². The molecule has 2 aliphatic heterocycles. The van der Waals surface area contributed by atoms with Gasteiger partial charge in [-0.15, -0.1) is 10.2 Å². The molecule has 0 bridgehead atoms. The fourth-order valence-electron chi connectivity index (χ4n) is 4.45. The third kappa shape index (κ3) is 5.39. The Morgan fingerprint density at radius 2 is 1.95 bits per heavy atom. The predicted octanol–water partition coefficient (Wildman–Crippen LogP) is 3.52. The number of nitrogens with zero attached hydrogens (tertiary/aromatic N) is 5. The first-order valence-corrected chi connectivity index (χ1v) is 13.3. The molecule has 1 aromatic heterocycles. The van der Waals surface area contributed by atoms with Gasteiger partial charge in [-0.05, 0) is 37.3 Å². The first kappa shape index (κ1) is 25.4. The minimum atomic E-state index is -0.370. The van der Waals surface area contributed by atoms with Crippen LogP contribution in [0, 0.1) is 0 Å². The second kappa shape index (κ2) is 11.0. The molecule has 1 atom stereocenters. The minimum Gasteiger partial charge on any atom is -0.482 e. The van der Waals surface area contributed by atoms with Crippen molar-refractivity contribution in [3.05, 3.63) is 53.3 Å². The maximum absolute atomic E-state index is 12.7. The maximum atomic E-state index is 12.7. The second-order valence-electron chi connectivity index (χ2n) is 8.70. The maximum Gasteiger partial charge on any atom is 0.265 e. The molecule has 0 aliphatic carbocycles. The summed E-state index contributed by atoms with van der Waals surface area (Å²) in [6.45, 7) is 4.78. The molecule has 0 saturated carbocycles. The van der Waals surface area contributed by atoms with E-state index in [1.54, 1.807) is 11.0 Å². The highest BCUT2D eigenvalue weighted by molar-refractivity contribution is 7.99. The van der Waals surface area contributed by atoms with Crippen LogP contribution in [0.3, 0.4) is 0 Å². The highest BCUT2D eigenvalue weighted by Gasteiger charge is 2.32. The van der Waals surface area contributed by atoms with E-state index in [1.807, 2.05) is 54.9 Å². The van der Waals surface area contributed by atoms with Crippen molar-refractivity contribution in [2.45, 2.75) is 18.1 Å². The van der Waals surface area contributed by atoms with Crippen molar-refractivity contribution >= 4 is 52.2 Å². The lowest BCUT2D eigenvalue weighted by molar-refractivity contribution is -0.121. The van der Waals surface area contributed by atoms with Crippen LogP contribution < -0.4 is 19.9 Å². The fraction of sp³-hybridized carbons (Fsp3) is 0.360. The van der Waals surface area contributed by atoms with Gasteiger partial charge in [0.2, 0.25) is 5.91 Å². The van der Waals surface area contributed by atoms with E-state index in [-0.39, 0.29) is 30.2 Å². The van der Waals surface area contributed by atoms with Crippen molar-refractivity contribution in [3.8, 4) is 5.75 Å². The van der Waals surface area contributed by atoms with E-state index in [0.717, 1.165) is 18.8 Å². The molecular weight excluding hydrogens is 516 g/mol. The zero-order valence-corrected chi connectivity index (χ0v) is 22.1. The molecule has 1 fully saturated rings. The smallest absolute Gasteiger partial charge is 0.265 e. The van der Waals surface area contributed by atoms with E-state index >= 15 is 0 Å². The van der Waals surface area contributed by atoms with Gasteiger partial charge in [0, 0.05) is 25.8 Å². The van der Waals surface area contributed by atoms with Gasteiger partial charge in [-0.3, -0.25) is 14.5 Å². The molecule has 2 aromatic carbocycles. The number of benzene rings is 2. The van der Waals surface area contributed by atoms with Crippen LogP contribution in [-0.2, 0) is 21.4 Å². The number of morpholine rings is 1. The number of thioether (sulfide) groups is 1. The van der Waals surface area contributed by atoms with Gasteiger partial charge in [-0.25, -0.2) is 0 Å². The number of ether oxygens (including phenoxy) is 2. The van der Waals surface area contributed by atoms with Crippen molar-refractivity contribution < 1.29 is 19.1 Å². The van der Waals surface area contributed by atoms with Crippen LogP contribution in [0.1, 0.15) is 18.8 Å². The third-order valence-electron chi connectivity index (χ3n) is 6.29. The lowest BCUT2D eigenvalue weighted by Crippen LogP contribution is -2.41. The highest BCUT2D eigenvalue weighted by atomic mass is 35.5. The van der Waals surface area contributed by atoms with Crippen LogP contribution in [-0.4, -0.2) is 65.2 Å². The monoisotopic (exact) mass is 542 g/mol. The number of halogens is 1. The Bertz CT molecular complexity index is 1310. The Morgan fingerprint density at radius 1 is 1.16 bits per heavy atom. The van der Waals surface area contributed by atoms with Gasteiger partial charge in [-0.2, -0.15) is 0 Å².